The van der Waals surface area contributed by atoms with Crippen molar-refractivity contribution in [2.75, 3.05) is 14.2 Å². The molecule has 106 valence electrons. The Morgan fingerprint density at radius 3 is 2.70 bits per heavy atom. The molecule has 0 aliphatic heterocycles. The number of likely N-dealkylation sites (N-methyl/N-ethyl adjacent to an activating group) is 1. The molecule has 4 heteroatoms. The number of ether oxygens (including phenoxy) is 1. The predicted molar refractivity (Wildman–Crippen MR) is 87.7 cm³/mol. The Kier molecular flexibility index (Phi) is 5.46. The van der Waals surface area contributed by atoms with E-state index >= 15 is 0 Å². The molecule has 0 spiro atoms. The maximum absolute atomic E-state index is 6.05. The van der Waals surface area contributed by atoms with Crippen LogP contribution in [0.5, 0.6) is 5.75 Å². The summed E-state index contributed by atoms with van der Waals surface area (Å²) in [6.45, 7) is 0. The molecule has 0 radical (unpaired) electrons. The maximum Gasteiger partial charge on any atom is 0.123 e. The van der Waals surface area contributed by atoms with Crippen LogP contribution in [-0.4, -0.2) is 14.2 Å². The van der Waals surface area contributed by atoms with Crippen LogP contribution in [0.15, 0.2) is 46.9 Å². The van der Waals surface area contributed by atoms with Gasteiger partial charge in [0.2, 0.25) is 0 Å². The highest BCUT2D eigenvalue weighted by atomic mass is 79.9. The molecule has 0 heterocycles. The molecule has 0 bridgehead atoms. The second-order valence-corrected chi connectivity index (χ2v) is 5.91. The molecule has 0 saturated heterocycles. The van der Waals surface area contributed by atoms with E-state index in [2.05, 4.69) is 33.4 Å². The Labute approximate surface area is 133 Å². The SMILES string of the molecule is CNC(Cc1cccc(Cl)c1)c1cc(Br)ccc1OC. The van der Waals surface area contributed by atoms with E-state index in [9.17, 15) is 0 Å². The summed E-state index contributed by atoms with van der Waals surface area (Å²) in [6.07, 6.45) is 0.851. The van der Waals surface area contributed by atoms with Gasteiger partial charge in [0.25, 0.3) is 0 Å². The number of benzene rings is 2. The van der Waals surface area contributed by atoms with Crippen LogP contribution in [0.1, 0.15) is 17.2 Å². The van der Waals surface area contributed by atoms with E-state index < -0.39 is 0 Å². The zero-order valence-corrected chi connectivity index (χ0v) is 13.8. The summed E-state index contributed by atoms with van der Waals surface area (Å²) in [5.74, 6) is 0.884. The number of nitrogens with one attached hydrogen (secondary N) is 1. The second kappa shape index (κ2) is 7.11. The van der Waals surface area contributed by atoms with Gasteiger partial charge in [0.1, 0.15) is 5.75 Å². The first-order valence-electron chi connectivity index (χ1n) is 6.39. The van der Waals surface area contributed by atoms with E-state index in [0.29, 0.717) is 0 Å². The molecule has 0 amide bonds. The molecular weight excluding hydrogens is 338 g/mol. The summed E-state index contributed by atoms with van der Waals surface area (Å²) in [5.41, 5.74) is 2.32. The first kappa shape index (κ1) is 15.4. The minimum Gasteiger partial charge on any atom is -0.496 e. The summed E-state index contributed by atoms with van der Waals surface area (Å²) in [5, 5.41) is 4.11. The fourth-order valence-corrected chi connectivity index (χ4v) is 2.84. The monoisotopic (exact) mass is 353 g/mol. The van der Waals surface area contributed by atoms with Gasteiger partial charge in [-0.25, -0.2) is 0 Å². The lowest BCUT2D eigenvalue weighted by Crippen LogP contribution is -2.19. The van der Waals surface area contributed by atoms with Crippen LogP contribution >= 0.6 is 27.5 Å². The van der Waals surface area contributed by atoms with E-state index in [1.165, 1.54) is 5.56 Å². The molecule has 0 aromatic heterocycles. The van der Waals surface area contributed by atoms with Crippen LogP contribution in [0, 0.1) is 0 Å². The number of hydrogen-bond acceptors (Lipinski definition) is 2. The minimum absolute atomic E-state index is 0.168. The largest absolute Gasteiger partial charge is 0.496 e. The highest BCUT2D eigenvalue weighted by Gasteiger charge is 2.15. The van der Waals surface area contributed by atoms with Gasteiger partial charge in [-0.3, -0.25) is 0 Å². The lowest BCUT2D eigenvalue weighted by atomic mass is 9.98. The molecule has 1 atom stereocenters. The van der Waals surface area contributed by atoms with Gasteiger partial charge in [0, 0.05) is 21.1 Å². The summed E-state index contributed by atoms with van der Waals surface area (Å²) in [6, 6.07) is 14.2. The third-order valence-corrected chi connectivity index (χ3v) is 3.97. The van der Waals surface area contributed by atoms with E-state index in [1.54, 1.807) is 7.11 Å². The molecule has 2 nitrogen and oxygen atoms in total. The Morgan fingerprint density at radius 2 is 2.05 bits per heavy atom. The Bertz CT molecular complexity index is 588. The number of halogens is 2. The topological polar surface area (TPSA) is 21.3 Å². The van der Waals surface area contributed by atoms with Crippen molar-refractivity contribution in [2.45, 2.75) is 12.5 Å². The van der Waals surface area contributed by atoms with Crippen LogP contribution in [0.3, 0.4) is 0 Å². The van der Waals surface area contributed by atoms with Crippen molar-refractivity contribution in [1.82, 2.24) is 5.32 Å². The van der Waals surface area contributed by atoms with Crippen LogP contribution in [-0.2, 0) is 6.42 Å². The minimum atomic E-state index is 0.168. The molecule has 2 aromatic rings. The zero-order valence-electron chi connectivity index (χ0n) is 11.5. The zero-order chi connectivity index (χ0) is 14.5. The van der Waals surface area contributed by atoms with Crippen molar-refractivity contribution < 1.29 is 4.74 Å². The van der Waals surface area contributed by atoms with Gasteiger partial charge >= 0.3 is 0 Å². The van der Waals surface area contributed by atoms with Gasteiger partial charge in [-0.15, -0.1) is 0 Å². The molecule has 0 aliphatic rings. The average molecular weight is 355 g/mol. The van der Waals surface area contributed by atoms with Crippen LogP contribution in [0.25, 0.3) is 0 Å². The Hall–Kier alpha value is -1.03. The molecule has 0 saturated carbocycles. The fourth-order valence-electron chi connectivity index (χ4n) is 2.24. The average Bonchev–Trinajstić information content (AvgIpc) is 2.45. The van der Waals surface area contributed by atoms with Crippen molar-refractivity contribution >= 4 is 27.5 Å². The summed E-state index contributed by atoms with van der Waals surface area (Å²) >= 11 is 9.56. The smallest absolute Gasteiger partial charge is 0.123 e. The van der Waals surface area contributed by atoms with Crippen molar-refractivity contribution in [2.24, 2.45) is 0 Å². The van der Waals surface area contributed by atoms with Crippen molar-refractivity contribution in [3.63, 3.8) is 0 Å². The second-order valence-electron chi connectivity index (χ2n) is 4.56. The molecule has 2 aromatic carbocycles. The van der Waals surface area contributed by atoms with Gasteiger partial charge in [0.05, 0.1) is 7.11 Å². The van der Waals surface area contributed by atoms with Crippen molar-refractivity contribution in [1.29, 1.82) is 0 Å². The van der Waals surface area contributed by atoms with E-state index in [1.807, 2.05) is 37.4 Å². The quantitative estimate of drug-likeness (QED) is 0.846. The standard InChI is InChI=1S/C16H17BrClNO/c1-19-15(9-11-4-3-5-13(18)8-11)14-10-12(17)6-7-16(14)20-2/h3-8,10,15,19H,9H2,1-2H3. The first-order chi connectivity index (χ1) is 9.63. The molecule has 20 heavy (non-hydrogen) atoms. The predicted octanol–water partition coefficient (Wildman–Crippen LogP) is 4.61. The molecular formula is C16H17BrClNO. The maximum atomic E-state index is 6.05. The van der Waals surface area contributed by atoms with Crippen LogP contribution in [0.2, 0.25) is 5.02 Å². The van der Waals surface area contributed by atoms with E-state index in [-0.39, 0.29) is 6.04 Å². The number of hydrogen-bond donors (Lipinski definition) is 1. The molecule has 1 N–H and O–H groups in total. The summed E-state index contributed by atoms with van der Waals surface area (Å²) < 4.78 is 6.50. The lowest BCUT2D eigenvalue weighted by Gasteiger charge is -2.20. The third-order valence-electron chi connectivity index (χ3n) is 3.24. The molecule has 0 aliphatic carbocycles. The first-order valence-corrected chi connectivity index (χ1v) is 7.56. The Morgan fingerprint density at radius 1 is 1.25 bits per heavy atom. The number of rotatable bonds is 5. The van der Waals surface area contributed by atoms with Crippen molar-refractivity contribution in [3.8, 4) is 5.75 Å². The number of methoxy groups -OCH3 is 1. The summed E-state index contributed by atoms with van der Waals surface area (Å²) in [4.78, 5) is 0. The van der Waals surface area contributed by atoms with Crippen LogP contribution < -0.4 is 10.1 Å². The molecule has 2 rings (SSSR count). The molecule has 0 fully saturated rings. The van der Waals surface area contributed by atoms with E-state index in [0.717, 1.165) is 27.2 Å². The third kappa shape index (κ3) is 3.75. The Balaban J connectivity index is 2.30. The van der Waals surface area contributed by atoms with Gasteiger partial charge in [0.15, 0.2) is 0 Å². The highest BCUT2D eigenvalue weighted by molar-refractivity contribution is 9.10. The normalized spacial score (nSPS) is 12.2. The highest BCUT2D eigenvalue weighted by Crippen LogP contribution is 2.30. The van der Waals surface area contributed by atoms with Gasteiger partial charge < -0.3 is 10.1 Å². The van der Waals surface area contributed by atoms with Gasteiger partial charge in [-0.1, -0.05) is 39.7 Å². The molecule has 1 unspecified atom stereocenters. The van der Waals surface area contributed by atoms with E-state index in [4.69, 9.17) is 16.3 Å². The van der Waals surface area contributed by atoms with Crippen molar-refractivity contribution in [3.05, 3.63) is 63.1 Å². The summed E-state index contributed by atoms with van der Waals surface area (Å²) in [7, 11) is 3.65. The van der Waals surface area contributed by atoms with Gasteiger partial charge in [-0.2, -0.15) is 0 Å². The fraction of sp³-hybridized carbons (Fsp3) is 0.250. The van der Waals surface area contributed by atoms with Crippen LogP contribution in [0.4, 0.5) is 0 Å². The van der Waals surface area contributed by atoms with Gasteiger partial charge in [-0.05, 0) is 49.4 Å². The lowest BCUT2D eigenvalue weighted by molar-refractivity contribution is 0.401.